The van der Waals surface area contributed by atoms with Crippen LogP contribution in [0.25, 0.3) is 10.9 Å². The smallest absolute Gasteiger partial charge is 0.264 e. The minimum atomic E-state index is -4.06. The number of hydrogen-bond donors (Lipinski definition) is 2. The van der Waals surface area contributed by atoms with Crippen LogP contribution in [0.5, 0.6) is 11.5 Å². The van der Waals surface area contributed by atoms with Gasteiger partial charge in [0.1, 0.15) is 28.7 Å². The van der Waals surface area contributed by atoms with Crippen LogP contribution in [0.4, 0.5) is 14.5 Å². The van der Waals surface area contributed by atoms with Crippen molar-refractivity contribution in [3.05, 3.63) is 93.8 Å². The van der Waals surface area contributed by atoms with E-state index < -0.39 is 44.4 Å². The van der Waals surface area contributed by atoms with Gasteiger partial charge < -0.3 is 19.7 Å². The highest BCUT2D eigenvalue weighted by Crippen LogP contribution is 2.36. The zero-order valence-electron chi connectivity index (χ0n) is 20.4. The van der Waals surface area contributed by atoms with Gasteiger partial charge in [-0.1, -0.05) is 12.1 Å². The number of benzene rings is 3. The molecule has 3 aromatic carbocycles. The Morgan fingerprint density at radius 3 is 2.51 bits per heavy atom. The van der Waals surface area contributed by atoms with Crippen LogP contribution in [-0.4, -0.2) is 49.1 Å². The third-order valence-corrected chi connectivity index (χ3v) is 7.89. The van der Waals surface area contributed by atoms with Crippen LogP contribution in [0.15, 0.2) is 75.3 Å². The van der Waals surface area contributed by atoms with E-state index >= 15 is 0 Å². The number of likely N-dealkylation sites (N-methyl/N-ethyl adjacent to an activating group) is 1. The summed E-state index contributed by atoms with van der Waals surface area (Å²) in [5.74, 6) is -2.75. The molecule has 0 spiro atoms. The fraction of sp³-hybridized carbons (Fsp3) is 0.148. The largest absolute Gasteiger partial charge is 0.506 e. The number of halogens is 2. The Kier molecular flexibility index (Phi) is 6.64. The summed E-state index contributed by atoms with van der Waals surface area (Å²) in [7, 11) is -2.63. The van der Waals surface area contributed by atoms with E-state index in [1.807, 2.05) is 0 Å². The predicted octanol–water partition coefficient (Wildman–Crippen LogP) is 3.07. The number of sulfone groups is 1. The van der Waals surface area contributed by atoms with Gasteiger partial charge in [-0.05, 0) is 48.0 Å². The van der Waals surface area contributed by atoms with Gasteiger partial charge in [-0.2, -0.15) is 0 Å². The number of amides is 1. The van der Waals surface area contributed by atoms with Gasteiger partial charge in [-0.15, -0.1) is 0 Å². The van der Waals surface area contributed by atoms with Crippen LogP contribution in [0, 0.1) is 11.6 Å². The van der Waals surface area contributed by atoms with E-state index in [4.69, 9.17) is 4.74 Å². The molecule has 1 aliphatic heterocycles. The normalized spacial score (nSPS) is 14.0. The molecule has 9 nitrogen and oxygen atoms in total. The molecule has 200 valence electrons. The van der Waals surface area contributed by atoms with E-state index in [2.05, 4.69) is 10.3 Å². The molecule has 0 unspecified atom stereocenters. The molecular weight excluding hydrogens is 532 g/mol. The number of rotatable bonds is 6. The highest BCUT2D eigenvalue weighted by molar-refractivity contribution is 7.92. The summed E-state index contributed by atoms with van der Waals surface area (Å²) in [6.45, 7) is -0.379. The first-order chi connectivity index (χ1) is 18.6. The second-order valence-electron chi connectivity index (χ2n) is 8.81. The Morgan fingerprint density at radius 2 is 1.79 bits per heavy atom. The van der Waals surface area contributed by atoms with Crippen molar-refractivity contribution in [1.82, 2.24) is 9.88 Å². The lowest BCUT2D eigenvalue weighted by molar-refractivity contribution is -0.122. The number of aliphatic imine (C=N–C) groups is 1. The van der Waals surface area contributed by atoms with E-state index in [9.17, 15) is 31.9 Å². The number of hydrogen-bond acceptors (Lipinski definition) is 7. The summed E-state index contributed by atoms with van der Waals surface area (Å²) in [6, 6.07) is 12.9. The Bertz CT molecular complexity index is 1830. The molecule has 2 N–H and O–H groups in total. The lowest BCUT2D eigenvalue weighted by Gasteiger charge is -2.20. The van der Waals surface area contributed by atoms with Gasteiger partial charge in [-0.3, -0.25) is 14.6 Å². The van der Waals surface area contributed by atoms with Crippen molar-refractivity contribution in [2.75, 3.05) is 19.4 Å². The maximum absolute atomic E-state index is 14.2. The van der Waals surface area contributed by atoms with E-state index in [-0.39, 0.29) is 51.7 Å². The zero-order valence-corrected chi connectivity index (χ0v) is 21.3. The molecule has 1 aliphatic rings. The van der Waals surface area contributed by atoms with Crippen LogP contribution < -0.4 is 15.6 Å². The van der Waals surface area contributed by atoms with Crippen molar-refractivity contribution in [3.8, 4) is 11.5 Å². The van der Waals surface area contributed by atoms with Crippen LogP contribution in [0.1, 0.15) is 11.1 Å². The minimum absolute atomic E-state index is 0.00627. The van der Waals surface area contributed by atoms with Gasteiger partial charge in [-0.25, -0.2) is 17.2 Å². The molecule has 1 aromatic heterocycles. The monoisotopic (exact) mass is 553 g/mol. The Hall–Kier alpha value is -4.58. The molecule has 12 heteroatoms. The van der Waals surface area contributed by atoms with Crippen LogP contribution in [-0.2, 0) is 21.2 Å². The first kappa shape index (κ1) is 26.0. The molecular formula is C27H21F2N3O6S. The van der Waals surface area contributed by atoms with Gasteiger partial charge >= 0.3 is 0 Å². The molecule has 0 saturated carbocycles. The van der Waals surface area contributed by atoms with Crippen molar-refractivity contribution in [2.24, 2.45) is 4.99 Å². The van der Waals surface area contributed by atoms with E-state index in [0.717, 1.165) is 12.1 Å². The van der Waals surface area contributed by atoms with Crippen molar-refractivity contribution < 1.29 is 31.8 Å². The molecule has 0 radical (unpaired) electrons. The number of carbonyl (C=O) groups excluding carboxylic acids is 1. The highest BCUT2D eigenvalue weighted by Gasteiger charge is 2.32. The molecule has 0 atom stereocenters. The topological polar surface area (TPSA) is 127 Å². The number of aromatic hydroxyl groups is 1. The van der Waals surface area contributed by atoms with Gasteiger partial charge in [0.25, 0.3) is 11.5 Å². The molecule has 1 amide bonds. The first-order valence-electron chi connectivity index (χ1n) is 11.6. The van der Waals surface area contributed by atoms with Gasteiger partial charge in [0.05, 0.1) is 34.1 Å². The second kappa shape index (κ2) is 9.95. The summed E-state index contributed by atoms with van der Waals surface area (Å²) < 4.78 is 60.7. The van der Waals surface area contributed by atoms with Crippen LogP contribution in [0.2, 0.25) is 0 Å². The van der Waals surface area contributed by atoms with Crippen molar-refractivity contribution in [3.63, 3.8) is 0 Å². The molecule has 4 aromatic rings. The molecule has 2 heterocycles. The predicted molar refractivity (Wildman–Crippen MR) is 140 cm³/mol. The Balaban J connectivity index is 1.66. The van der Waals surface area contributed by atoms with E-state index in [1.165, 1.54) is 60.1 Å². The number of aromatic nitrogens is 1. The third-order valence-electron chi connectivity index (χ3n) is 6.24. The quantitative estimate of drug-likeness (QED) is 0.378. The maximum atomic E-state index is 14.2. The average Bonchev–Trinajstić information content (AvgIpc) is 2.90. The first-order valence-corrected chi connectivity index (χ1v) is 13.3. The fourth-order valence-corrected chi connectivity index (χ4v) is 5.77. The van der Waals surface area contributed by atoms with Gasteiger partial charge in [0.15, 0.2) is 16.4 Å². The molecule has 39 heavy (non-hydrogen) atoms. The number of fused-ring (bicyclic) bond motifs is 2. The van der Waals surface area contributed by atoms with Gasteiger partial charge in [0, 0.05) is 18.5 Å². The molecule has 5 rings (SSSR count). The van der Waals surface area contributed by atoms with Crippen LogP contribution in [0.3, 0.4) is 0 Å². The Morgan fingerprint density at radius 1 is 1.08 bits per heavy atom. The number of pyridine rings is 1. The Labute approximate surface area is 220 Å². The second-order valence-corrected chi connectivity index (χ2v) is 10.8. The number of ether oxygens (including phenoxy) is 1. The molecule has 0 aliphatic carbocycles. The zero-order chi connectivity index (χ0) is 27.9. The van der Waals surface area contributed by atoms with Gasteiger partial charge in [0.2, 0.25) is 0 Å². The number of nitrogens with zero attached hydrogens (tertiary/aromatic N) is 2. The van der Waals surface area contributed by atoms with Crippen molar-refractivity contribution >= 4 is 38.0 Å². The highest BCUT2D eigenvalue weighted by atomic mass is 32.2. The summed E-state index contributed by atoms with van der Waals surface area (Å²) >= 11 is 0. The summed E-state index contributed by atoms with van der Waals surface area (Å²) in [6.07, 6.45) is 0. The van der Waals surface area contributed by atoms with E-state index in [1.54, 1.807) is 0 Å². The van der Waals surface area contributed by atoms with Crippen molar-refractivity contribution in [2.45, 2.75) is 11.4 Å². The lowest BCUT2D eigenvalue weighted by Crippen LogP contribution is -2.32. The lowest BCUT2D eigenvalue weighted by atomic mass is 10.1. The minimum Gasteiger partial charge on any atom is -0.506 e. The fourth-order valence-electron chi connectivity index (χ4n) is 4.31. The SMILES string of the molecule is CNC(=O)COc1ccc2c(c1)S(=O)(=O)CC(c1c(O)c3cc(F)ccc3n(Cc3ccc(F)cc3)c1=O)=N2. The standard InChI is InChI=1S/C27H21F2N3O6S/c1-30-24(33)13-38-18-7-8-20-23(11-18)39(36,37)14-21(31-20)25-26(34)19-10-17(29)6-9-22(19)32(27(25)35)12-15-2-4-16(28)5-3-15/h2-11,34H,12-14H2,1H3,(H,30,33). The number of carbonyl (C=O) groups is 1. The summed E-state index contributed by atoms with van der Waals surface area (Å²) in [5, 5.41) is 13.4. The maximum Gasteiger partial charge on any atom is 0.264 e. The molecule has 0 bridgehead atoms. The molecule has 0 saturated heterocycles. The summed E-state index contributed by atoms with van der Waals surface area (Å²) in [4.78, 5) is 29.4. The average molecular weight is 554 g/mol. The van der Waals surface area contributed by atoms with Crippen molar-refractivity contribution in [1.29, 1.82) is 0 Å². The van der Waals surface area contributed by atoms with E-state index in [0.29, 0.717) is 5.56 Å². The summed E-state index contributed by atoms with van der Waals surface area (Å²) in [5.41, 5.74) is -0.601. The van der Waals surface area contributed by atoms with Crippen LogP contribution >= 0.6 is 0 Å². The molecule has 0 fully saturated rings. The number of nitrogens with one attached hydrogen (secondary N) is 1. The third kappa shape index (κ3) is 4.98.